The molecular formula is C28H28ClN3O4S. The van der Waals surface area contributed by atoms with Crippen molar-refractivity contribution in [1.29, 1.82) is 0 Å². The Bertz CT molecular complexity index is 1410. The van der Waals surface area contributed by atoms with Crippen molar-refractivity contribution in [3.8, 4) is 0 Å². The van der Waals surface area contributed by atoms with E-state index in [4.69, 9.17) is 11.6 Å². The molecule has 2 aliphatic rings. The van der Waals surface area contributed by atoms with Crippen molar-refractivity contribution in [2.45, 2.75) is 43.2 Å². The fraction of sp³-hybridized carbons (Fsp3) is 0.286. The van der Waals surface area contributed by atoms with Gasteiger partial charge in [-0.3, -0.25) is 9.59 Å². The number of nitrogens with zero attached hydrogens (tertiary/aromatic N) is 2. The van der Waals surface area contributed by atoms with Crippen LogP contribution in [0.4, 0.5) is 5.69 Å². The maximum atomic E-state index is 13.7. The van der Waals surface area contributed by atoms with Gasteiger partial charge in [-0.25, -0.2) is 8.42 Å². The number of benzene rings is 3. The Kier molecular flexibility index (Phi) is 7.33. The number of anilines is 1. The van der Waals surface area contributed by atoms with Crippen LogP contribution in [0.1, 0.15) is 40.7 Å². The molecule has 1 atom stereocenters. The molecule has 1 fully saturated rings. The summed E-state index contributed by atoms with van der Waals surface area (Å²) in [7, 11) is -4.00. The second kappa shape index (κ2) is 10.7. The molecule has 0 spiro atoms. The van der Waals surface area contributed by atoms with Crippen LogP contribution in [-0.2, 0) is 27.8 Å². The fourth-order valence-electron chi connectivity index (χ4n) is 4.94. The molecule has 0 saturated carbocycles. The molecule has 5 rings (SSSR count). The Labute approximate surface area is 222 Å². The normalized spacial score (nSPS) is 17.8. The number of amides is 2. The molecule has 3 aromatic rings. The number of hydrogen-bond donors (Lipinski definition) is 1. The molecule has 0 aromatic heterocycles. The SMILES string of the molecule is O=C1NCCCCC1N(Cc1ccc(C(=O)N2CCc3ccccc32)cc1)S(=O)(=O)c1ccc(Cl)cc1. The quantitative estimate of drug-likeness (QED) is 0.505. The Morgan fingerprint density at radius 1 is 1.00 bits per heavy atom. The largest absolute Gasteiger partial charge is 0.355 e. The molecule has 37 heavy (non-hydrogen) atoms. The molecule has 7 nitrogen and oxygen atoms in total. The molecule has 2 heterocycles. The van der Waals surface area contributed by atoms with E-state index >= 15 is 0 Å². The lowest BCUT2D eigenvalue weighted by Gasteiger charge is -2.29. The minimum atomic E-state index is -4.00. The van der Waals surface area contributed by atoms with Crippen LogP contribution in [0.2, 0.25) is 5.02 Å². The first-order valence-corrected chi connectivity index (χ1v) is 14.2. The van der Waals surface area contributed by atoms with Gasteiger partial charge in [0.05, 0.1) is 4.90 Å². The Morgan fingerprint density at radius 3 is 2.49 bits per heavy atom. The van der Waals surface area contributed by atoms with Gasteiger partial charge in [0, 0.05) is 35.9 Å². The second-order valence-electron chi connectivity index (χ2n) is 9.34. The van der Waals surface area contributed by atoms with Gasteiger partial charge in [-0.05, 0) is 79.3 Å². The molecule has 0 bridgehead atoms. The van der Waals surface area contributed by atoms with Crippen molar-refractivity contribution < 1.29 is 18.0 Å². The average Bonchev–Trinajstić information content (AvgIpc) is 3.22. The van der Waals surface area contributed by atoms with Gasteiger partial charge in [0.25, 0.3) is 5.91 Å². The monoisotopic (exact) mass is 537 g/mol. The summed E-state index contributed by atoms with van der Waals surface area (Å²) in [4.78, 5) is 27.9. The van der Waals surface area contributed by atoms with E-state index in [1.54, 1.807) is 29.2 Å². The van der Waals surface area contributed by atoms with Crippen molar-refractivity contribution in [2.24, 2.45) is 0 Å². The summed E-state index contributed by atoms with van der Waals surface area (Å²) in [5.74, 6) is -0.389. The summed E-state index contributed by atoms with van der Waals surface area (Å²) in [6.07, 6.45) is 2.79. The molecule has 9 heteroatoms. The van der Waals surface area contributed by atoms with Crippen molar-refractivity contribution in [1.82, 2.24) is 9.62 Å². The van der Waals surface area contributed by atoms with E-state index in [0.717, 1.165) is 30.5 Å². The zero-order valence-corrected chi connectivity index (χ0v) is 21.8. The maximum Gasteiger partial charge on any atom is 0.258 e. The highest BCUT2D eigenvalue weighted by Gasteiger charge is 2.36. The van der Waals surface area contributed by atoms with Crippen LogP contribution >= 0.6 is 11.6 Å². The summed E-state index contributed by atoms with van der Waals surface area (Å²) in [5, 5.41) is 3.27. The van der Waals surface area contributed by atoms with Crippen LogP contribution in [0.25, 0.3) is 0 Å². The lowest BCUT2D eigenvalue weighted by Crippen LogP contribution is -2.48. The lowest BCUT2D eigenvalue weighted by molar-refractivity contribution is -0.124. The maximum absolute atomic E-state index is 13.7. The van der Waals surface area contributed by atoms with Gasteiger partial charge in [-0.2, -0.15) is 4.31 Å². The number of carbonyl (C=O) groups excluding carboxylic acids is 2. The summed E-state index contributed by atoms with van der Waals surface area (Å²) in [6, 6.07) is 20.0. The third-order valence-electron chi connectivity index (χ3n) is 6.95. The van der Waals surface area contributed by atoms with Crippen LogP contribution in [0, 0.1) is 0 Å². The second-order valence-corrected chi connectivity index (χ2v) is 11.7. The zero-order valence-electron chi connectivity index (χ0n) is 20.3. The predicted octanol–water partition coefficient (Wildman–Crippen LogP) is 4.40. The number of hydrogen-bond acceptors (Lipinski definition) is 4. The molecule has 0 aliphatic carbocycles. The first-order valence-electron chi connectivity index (χ1n) is 12.4. The highest BCUT2D eigenvalue weighted by molar-refractivity contribution is 7.89. The van der Waals surface area contributed by atoms with Crippen molar-refractivity contribution in [2.75, 3.05) is 18.0 Å². The van der Waals surface area contributed by atoms with E-state index in [-0.39, 0.29) is 23.3 Å². The molecular weight excluding hydrogens is 510 g/mol. The van der Waals surface area contributed by atoms with Gasteiger partial charge in [0.1, 0.15) is 6.04 Å². The first-order chi connectivity index (χ1) is 17.8. The van der Waals surface area contributed by atoms with Gasteiger partial charge >= 0.3 is 0 Å². The topological polar surface area (TPSA) is 86.8 Å². The predicted molar refractivity (Wildman–Crippen MR) is 143 cm³/mol. The molecule has 1 N–H and O–H groups in total. The van der Waals surface area contributed by atoms with E-state index < -0.39 is 16.1 Å². The Hall–Kier alpha value is -3.20. The standard InChI is InChI=1S/C28H28ClN3O4S/c29-23-12-14-24(15-13-23)37(35,36)32(26-7-3-4-17-30-27(26)33)19-20-8-10-22(11-9-20)28(34)31-18-16-21-5-1-2-6-25(21)31/h1-2,5-6,8-15,26H,3-4,7,16-19H2,(H,30,33). The van der Waals surface area contributed by atoms with E-state index in [0.29, 0.717) is 35.7 Å². The van der Waals surface area contributed by atoms with Gasteiger partial charge in [-0.1, -0.05) is 41.9 Å². The van der Waals surface area contributed by atoms with E-state index in [2.05, 4.69) is 5.32 Å². The number of fused-ring (bicyclic) bond motifs is 1. The molecule has 1 unspecified atom stereocenters. The van der Waals surface area contributed by atoms with E-state index in [9.17, 15) is 18.0 Å². The van der Waals surface area contributed by atoms with Crippen LogP contribution in [-0.4, -0.2) is 43.7 Å². The Morgan fingerprint density at radius 2 is 1.73 bits per heavy atom. The van der Waals surface area contributed by atoms with Gasteiger partial charge in [0.2, 0.25) is 15.9 Å². The number of para-hydroxylation sites is 1. The highest BCUT2D eigenvalue weighted by atomic mass is 35.5. The summed E-state index contributed by atoms with van der Waals surface area (Å²) in [6.45, 7) is 1.16. The first kappa shape index (κ1) is 25.4. The lowest BCUT2D eigenvalue weighted by atomic mass is 10.1. The van der Waals surface area contributed by atoms with Gasteiger partial charge in [-0.15, -0.1) is 0 Å². The molecule has 3 aromatic carbocycles. The summed E-state index contributed by atoms with van der Waals surface area (Å²) >= 11 is 5.98. The highest BCUT2D eigenvalue weighted by Crippen LogP contribution is 2.30. The number of nitrogens with one attached hydrogen (secondary N) is 1. The minimum Gasteiger partial charge on any atom is -0.355 e. The third-order valence-corrected chi connectivity index (χ3v) is 9.07. The molecule has 2 amide bonds. The van der Waals surface area contributed by atoms with Crippen molar-refractivity contribution in [3.63, 3.8) is 0 Å². The molecule has 0 radical (unpaired) electrons. The minimum absolute atomic E-state index is 0.00403. The van der Waals surface area contributed by atoms with Crippen LogP contribution in [0.3, 0.4) is 0 Å². The fourth-order valence-corrected chi connectivity index (χ4v) is 6.67. The number of halogens is 1. The molecule has 2 aliphatic heterocycles. The van der Waals surface area contributed by atoms with E-state index in [1.807, 2.05) is 24.3 Å². The molecule has 1 saturated heterocycles. The third kappa shape index (κ3) is 5.28. The molecule has 192 valence electrons. The number of sulfonamides is 1. The van der Waals surface area contributed by atoms with Crippen LogP contribution in [0.15, 0.2) is 77.7 Å². The summed E-state index contributed by atoms with van der Waals surface area (Å²) in [5.41, 5.74) is 3.29. The van der Waals surface area contributed by atoms with Crippen LogP contribution < -0.4 is 10.2 Å². The van der Waals surface area contributed by atoms with Crippen molar-refractivity contribution in [3.05, 3.63) is 94.5 Å². The van der Waals surface area contributed by atoms with Crippen molar-refractivity contribution >= 4 is 39.1 Å². The van der Waals surface area contributed by atoms with Gasteiger partial charge in [0.15, 0.2) is 0 Å². The smallest absolute Gasteiger partial charge is 0.258 e. The van der Waals surface area contributed by atoms with Crippen LogP contribution in [0.5, 0.6) is 0 Å². The average molecular weight is 538 g/mol. The zero-order chi connectivity index (χ0) is 26.0. The number of rotatable bonds is 6. The Balaban J connectivity index is 1.42. The van der Waals surface area contributed by atoms with Gasteiger partial charge < -0.3 is 10.2 Å². The number of carbonyl (C=O) groups is 2. The van der Waals surface area contributed by atoms with E-state index in [1.165, 1.54) is 28.6 Å². The summed E-state index contributed by atoms with van der Waals surface area (Å²) < 4.78 is 28.7.